The highest BCUT2D eigenvalue weighted by Gasteiger charge is 2.37. The first kappa shape index (κ1) is 49.0. The van der Waals surface area contributed by atoms with Crippen LogP contribution in [0.5, 0.6) is 0 Å². The van der Waals surface area contributed by atoms with Crippen molar-refractivity contribution < 1.29 is 26.3 Å². The Labute approximate surface area is 450 Å². The summed E-state index contributed by atoms with van der Waals surface area (Å²) in [6.45, 7) is 5.79. The Morgan fingerprint density at radius 3 is 1.34 bits per heavy atom. The van der Waals surface area contributed by atoms with Crippen LogP contribution in [0, 0.1) is 20.8 Å². The number of benzene rings is 10. The SMILES string of the molecule is Cc1ccc(-c2ccc3c(c2)c2ccccc2n3-c2cccc(C(F)(F)F)c2-c2cc(-c3nc(-c4ccccc4)nc(-c4ccccc4)n3)ccc2-n2c3ccccc3c3cc(-c4ccc(C(F)(F)F)cc4C)ccc32)c(C)c1. The van der Waals surface area contributed by atoms with Gasteiger partial charge in [0.05, 0.1) is 44.6 Å². The van der Waals surface area contributed by atoms with Crippen LogP contribution in [0.15, 0.2) is 218 Å². The molecule has 3 heterocycles. The van der Waals surface area contributed by atoms with Crippen LogP contribution in [-0.2, 0) is 12.4 Å². The highest BCUT2D eigenvalue weighted by Crippen LogP contribution is 2.48. The zero-order chi connectivity index (χ0) is 54.3. The van der Waals surface area contributed by atoms with E-state index in [9.17, 15) is 13.2 Å². The van der Waals surface area contributed by atoms with Crippen molar-refractivity contribution in [3.05, 3.63) is 246 Å². The Balaban J connectivity index is 1.12. The predicted octanol–water partition coefficient (Wildman–Crippen LogP) is 19.0. The smallest absolute Gasteiger partial charge is 0.309 e. The van der Waals surface area contributed by atoms with Gasteiger partial charge in [0.25, 0.3) is 0 Å². The van der Waals surface area contributed by atoms with Crippen LogP contribution < -0.4 is 0 Å². The van der Waals surface area contributed by atoms with Crippen molar-refractivity contribution in [1.29, 1.82) is 0 Å². The second-order valence-electron chi connectivity index (χ2n) is 20.0. The number of aryl methyl sites for hydroxylation is 3. The molecule has 79 heavy (non-hydrogen) atoms. The van der Waals surface area contributed by atoms with Gasteiger partial charge in [0.15, 0.2) is 17.5 Å². The van der Waals surface area contributed by atoms with Crippen molar-refractivity contribution in [3.63, 3.8) is 0 Å². The lowest BCUT2D eigenvalue weighted by molar-refractivity contribution is -0.138. The molecule has 13 rings (SSSR count). The minimum Gasteiger partial charge on any atom is -0.309 e. The Morgan fingerprint density at radius 2 is 0.810 bits per heavy atom. The molecule has 0 saturated heterocycles. The van der Waals surface area contributed by atoms with Gasteiger partial charge in [-0.2, -0.15) is 26.3 Å². The molecule has 0 unspecified atom stereocenters. The summed E-state index contributed by atoms with van der Waals surface area (Å²) in [4.78, 5) is 15.0. The van der Waals surface area contributed by atoms with Crippen LogP contribution in [0.25, 0.3) is 123 Å². The minimum absolute atomic E-state index is 0.0727. The monoisotopic (exact) mass is 1050 g/mol. The Hall–Kier alpha value is -9.61. The topological polar surface area (TPSA) is 48.5 Å². The Kier molecular flexibility index (Phi) is 11.7. The van der Waals surface area contributed by atoms with Crippen molar-refractivity contribution in [2.24, 2.45) is 0 Å². The van der Waals surface area contributed by atoms with Crippen molar-refractivity contribution in [2.75, 3.05) is 0 Å². The van der Waals surface area contributed by atoms with Crippen LogP contribution in [0.2, 0.25) is 0 Å². The fourth-order valence-electron chi connectivity index (χ4n) is 11.4. The fourth-order valence-corrected chi connectivity index (χ4v) is 11.4. The van der Waals surface area contributed by atoms with Gasteiger partial charge in [-0.15, -0.1) is 0 Å². The normalized spacial score (nSPS) is 12.1. The van der Waals surface area contributed by atoms with Crippen molar-refractivity contribution in [3.8, 4) is 78.9 Å². The van der Waals surface area contributed by atoms with Gasteiger partial charge < -0.3 is 9.13 Å². The third-order valence-corrected chi connectivity index (χ3v) is 15.0. The summed E-state index contributed by atoms with van der Waals surface area (Å²) < 4.78 is 94.7. The third-order valence-electron chi connectivity index (χ3n) is 15.0. The van der Waals surface area contributed by atoms with E-state index in [1.54, 1.807) is 19.1 Å². The minimum atomic E-state index is -4.85. The number of rotatable bonds is 8. The molecule has 5 nitrogen and oxygen atoms in total. The molecule has 0 spiro atoms. The van der Waals surface area contributed by atoms with Gasteiger partial charge in [0, 0.05) is 49.4 Å². The summed E-state index contributed by atoms with van der Waals surface area (Å²) in [6.07, 6.45) is -9.36. The zero-order valence-corrected chi connectivity index (χ0v) is 42.8. The standard InChI is InChI=1S/C68H45F6N5/c1-40-25-30-49(41(2)35-40)45-27-33-60-54(37-45)52-20-11-13-23-58(52)79(60)62-24-14-21-56(68(72,73)74)63(62)55-39-47(66-76-64(43-15-6-4-7-16-43)75-65(77-66)44-17-8-5-9-18-44)28-34-61(55)78-57-22-12-10-19-51(57)53-38-46(26-32-59(53)78)50-31-29-48(36-42(50)3)67(69,70)71/h4-39H,1-3H3. The van der Waals surface area contributed by atoms with E-state index in [1.807, 2.05) is 161 Å². The van der Waals surface area contributed by atoms with Crippen LogP contribution >= 0.6 is 0 Å². The van der Waals surface area contributed by atoms with E-state index in [1.165, 1.54) is 12.1 Å². The number of hydrogen-bond acceptors (Lipinski definition) is 3. The van der Waals surface area contributed by atoms with E-state index in [0.717, 1.165) is 73.1 Å². The number of hydrogen-bond donors (Lipinski definition) is 0. The van der Waals surface area contributed by atoms with Crippen LogP contribution in [0.1, 0.15) is 27.8 Å². The number of alkyl halides is 6. The quantitative estimate of drug-likeness (QED) is 0.143. The molecule has 0 aliphatic carbocycles. The summed E-state index contributed by atoms with van der Waals surface area (Å²) in [5.74, 6) is 1.03. The summed E-state index contributed by atoms with van der Waals surface area (Å²) in [5.41, 5.74) is 10.1. The van der Waals surface area contributed by atoms with Gasteiger partial charge in [0.1, 0.15) is 0 Å². The maximum atomic E-state index is 16.4. The van der Waals surface area contributed by atoms with Gasteiger partial charge in [-0.25, -0.2) is 15.0 Å². The molecule has 0 saturated carbocycles. The summed E-state index contributed by atoms with van der Waals surface area (Å²) in [6, 6.07) is 66.0. The van der Waals surface area contributed by atoms with E-state index in [2.05, 4.69) is 38.1 Å². The average molecular weight is 1050 g/mol. The van der Waals surface area contributed by atoms with Gasteiger partial charge in [0.2, 0.25) is 0 Å². The maximum Gasteiger partial charge on any atom is 0.417 e. The molecule has 0 atom stereocenters. The molecular formula is C68H45F6N5. The molecule has 0 aliphatic heterocycles. The molecule has 10 aromatic carbocycles. The molecule has 0 N–H and O–H groups in total. The first-order valence-corrected chi connectivity index (χ1v) is 25.7. The molecule has 11 heteroatoms. The maximum absolute atomic E-state index is 16.4. The molecule has 0 radical (unpaired) electrons. The van der Waals surface area contributed by atoms with E-state index < -0.39 is 23.5 Å². The fraction of sp³-hybridized carbons (Fsp3) is 0.0735. The summed E-state index contributed by atoms with van der Waals surface area (Å²) >= 11 is 0. The number of fused-ring (bicyclic) bond motifs is 6. The molecule has 384 valence electrons. The number of halogens is 6. The molecule has 0 fully saturated rings. The lowest BCUT2D eigenvalue weighted by Crippen LogP contribution is -2.11. The molecule has 3 aromatic heterocycles. The van der Waals surface area contributed by atoms with Crippen LogP contribution in [0.3, 0.4) is 0 Å². The highest BCUT2D eigenvalue weighted by molar-refractivity contribution is 6.13. The molecular weight excluding hydrogens is 1000 g/mol. The molecule has 13 aromatic rings. The van der Waals surface area contributed by atoms with Gasteiger partial charge in [-0.1, -0.05) is 145 Å². The van der Waals surface area contributed by atoms with E-state index in [-0.39, 0.29) is 17.0 Å². The first-order chi connectivity index (χ1) is 38.2. The zero-order valence-electron chi connectivity index (χ0n) is 42.8. The highest BCUT2D eigenvalue weighted by atomic mass is 19.4. The van der Waals surface area contributed by atoms with Gasteiger partial charge >= 0.3 is 12.4 Å². The Bertz CT molecular complexity index is 4500. The van der Waals surface area contributed by atoms with Gasteiger partial charge in [-0.05, 0) is 133 Å². The molecule has 0 bridgehead atoms. The summed E-state index contributed by atoms with van der Waals surface area (Å²) in [5, 5.41) is 3.29. The van der Waals surface area contributed by atoms with Crippen LogP contribution in [-0.4, -0.2) is 24.1 Å². The van der Waals surface area contributed by atoms with E-state index >= 15 is 13.2 Å². The van der Waals surface area contributed by atoms with Crippen molar-refractivity contribution in [1.82, 2.24) is 24.1 Å². The number of para-hydroxylation sites is 2. The second kappa shape index (κ2) is 18.8. The van der Waals surface area contributed by atoms with E-state index in [0.29, 0.717) is 67.3 Å². The third kappa shape index (κ3) is 8.58. The largest absolute Gasteiger partial charge is 0.417 e. The lowest BCUT2D eigenvalue weighted by Gasteiger charge is -2.23. The lowest BCUT2D eigenvalue weighted by atomic mass is 9.93. The van der Waals surface area contributed by atoms with Gasteiger partial charge in [-0.3, -0.25) is 0 Å². The Morgan fingerprint density at radius 1 is 0.329 bits per heavy atom. The first-order valence-electron chi connectivity index (χ1n) is 25.7. The average Bonchev–Trinajstić information content (AvgIpc) is 4.07. The molecule has 0 aliphatic rings. The van der Waals surface area contributed by atoms with Crippen molar-refractivity contribution >= 4 is 43.6 Å². The number of nitrogens with zero attached hydrogens (tertiary/aromatic N) is 5. The summed E-state index contributed by atoms with van der Waals surface area (Å²) in [7, 11) is 0. The second-order valence-corrected chi connectivity index (χ2v) is 20.0. The number of aromatic nitrogens is 5. The predicted molar refractivity (Wildman–Crippen MR) is 305 cm³/mol. The van der Waals surface area contributed by atoms with E-state index in [4.69, 9.17) is 15.0 Å². The molecule has 0 amide bonds. The van der Waals surface area contributed by atoms with Crippen LogP contribution in [0.4, 0.5) is 26.3 Å². The van der Waals surface area contributed by atoms with Crippen molar-refractivity contribution in [2.45, 2.75) is 33.1 Å².